The maximum Gasteiger partial charge on any atom is 0.156 e. The van der Waals surface area contributed by atoms with Crippen LogP contribution in [0.3, 0.4) is 0 Å². The molecule has 0 bridgehead atoms. The van der Waals surface area contributed by atoms with E-state index in [1.807, 2.05) is 67.0 Å². The van der Waals surface area contributed by atoms with Gasteiger partial charge in [0.15, 0.2) is 11.6 Å². The van der Waals surface area contributed by atoms with Gasteiger partial charge in [0.1, 0.15) is 0 Å². The Morgan fingerprint density at radius 2 is 1.61 bits per heavy atom. The van der Waals surface area contributed by atoms with Crippen molar-refractivity contribution in [2.24, 2.45) is 0 Å². The molecule has 23 heavy (non-hydrogen) atoms. The highest BCUT2D eigenvalue weighted by Gasteiger charge is 2.06. The van der Waals surface area contributed by atoms with Gasteiger partial charge in [0.2, 0.25) is 0 Å². The Bertz CT molecular complexity index is 885. The van der Waals surface area contributed by atoms with Gasteiger partial charge in [0.05, 0.1) is 0 Å². The predicted octanol–water partition coefficient (Wildman–Crippen LogP) is 3.12. The predicted molar refractivity (Wildman–Crippen MR) is 88.3 cm³/mol. The highest BCUT2D eigenvalue weighted by atomic mass is 15.3. The second-order valence-corrected chi connectivity index (χ2v) is 4.98. The van der Waals surface area contributed by atoms with Crippen LogP contribution in [0.25, 0.3) is 17.7 Å². The topological polar surface area (TPSA) is 48.5 Å². The molecule has 1 aliphatic carbocycles. The molecule has 4 rings (SSSR count). The van der Waals surface area contributed by atoms with E-state index in [0.717, 1.165) is 22.8 Å². The summed E-state index contributed by atoms with van der Waals surface area (Å²) in [5, 5.41) is 8.51. The van der Waals surface area contributed by atoms with Crippen LogP contribution in [0.1, 0.15) is 5.56 Å². The first-order chi connectivity index (χ1) is 11.4. The number of allylic oxidation sites excluding steroid dienone is 4. The average Bonchev–Trinajstić information content (AvgIpc) is 3.36. The van der Waals surface area contributed by atoms with Crippen LogP contribution in [-0.2, 0) is 0 Å². The molecular formula is C18H13N5. The zero-order valence-corrected chi connectivity index (χ0v) is 12.2. The molecule has 0 spiro atoms. The summed E-state index contributed by atoms with van der Waals surface area (Å²) in [5.74, 6) is 1.49. The summed E-state index contributed by atoms with van der Waals surface area (Å²) in [4.78, 5) is 4.62. The summed E-state index contributed by atoms with van der Waals surface area (Å²) in [6.07, 6.45) is 17.1. The zero-order valence-electron chi connectivity index (χ0n) is 12.2. The van der Waals surface area contributed by atoms with Crippen molar-refractivity contribution < 1.29 is 0 Å². The van der Waals surface area contributed by atoms with Crippen molar-refractivity contribution in [2.75, 3.05) is 0 Å². The van der Waals surface area contributed by atoms with Crippen molar-refractivity contribution in [3.63, 3.8) is 0 Å². The van der Waals surface area contributed by atoms with Crippen molar-refractivity contribution in [1.29, 1.82) is 0 Å². The van der Waals surface area contributed by atoms with Crippen molar-refractivity contribution in [2.45, 2.75) is 0 Å². The number of hydrogen-bond donors (Lipinski definition) is 0. The number of hydrogen-bond acceptors (Lipinski definition) is 3. The van der Waals surface area contributed by atoms with Crippen LogP contribution in [0.15, 0.2) is 84.7 Å². The minimum atomic E-state index is 0.745. The van der Waals surface area contributed by atoms with Gasteiger partial charge in [-0.05, 0) is 48.1 Å². The van der Waals surface area contributed by atoms with Crippen LogP contribution in [0, 0.1) is 0 Å². The molecule has 5 nitrogen and oxygen atoms in total. The van der Waals surface area contributed by atoms with Crippen molar-refractivity contribution >= 4 is 6.08 Å². The lowest BCUT2D eigenvalue weighted by Crippen LogP contribution is -2.04. The van der Waals surface area contributed by atoms with E-state index in [4.69, 9.17) is 0 Å². The smallest absolute Gasteiger partial charge is 0.156 e. The lowest BCUT2D eigenvalue weighted by molar-refractivity contribution is 0.803. The lowest BCUT2D eigenvalue weighted by Gasteiger charge is -2.07. The standard InChI is InChI=1S/C18H13N5/c1-2-6-15(5-1)7-8-16-13-17(22-11-3-9-19-22)21-18(14-16)23-12-4-10-20-23/h1-5,7-14H/b8-7+. The van der Waals surface area contributed by atoms with Gasteiger partial charge in [-0.2, -0.15) is 10.2 Å². The molecule has 0 fully saturated rings. The van der Waals surface area contributed by atoms with E-state index in [0.29, 0.717) is 0 Å². The third-order valence-electron chi connectivity index (χ3n) is 3.38. The second kappa shape index (κ2) is 5.75. The van der Waals surface area contributed by atoms with Crippen molar-refractivity contribution in [3.05, 3.63) is 90.2 Å². The van der Waals surface area contributed by atoms with Gasteiger partial charge in [0, 0.05) is 30.4 Å². The summed E-state index contributed by atoms with van der Waals surface area (Å²) in [5.41, 5.74) is 5.22. The van der Waals surface area contributed by atoms with Crippen LogP contribution in [0.2, 0.25) is 0 Å². The quantitative estimate of drug-likeness (QED) is 0.695. The van der Waals surface area contributed by atoms with E-state index in [1.165, 1.54) is 0 Å². The van der Waals surface area contributed by atoms with Gasteiger partial charge in [-0.3, -0.25) is 0 Å². The van der Waals surface area contributed by atoms with Gasteiger partial charge in [-0.1, -0.05) is 12.2 Å². The molecule has 3 aromatic rings. The third kappa shape index (κ3) is 2.81. The van der Waals surface area contributed by atoms with Crippen molar-refractivity contribution in [3.8, 4) is 11.6 Å². The molecular weight excluding hydrogens is 286 g/mol. The molecule has 0 unspecified atom stereocenters. The normalized spacial score (nSPS) is 13.1. The molecule has 0 saturated heterocycles. The summed E-state index contributed by atoms with van der Waals surface area (Å²) >= 11 is 0. The number of aromatic nitrogens is 5. The molecule has 110 valence electrons. The number of rotatable bonds is 4. The van der Waals surface area contributed by atoms with Crippen LogP contribution < -0.4 is 0 Å². The van der Waals surface area contributed by atoms with E-state index >= 15 is 0 Å². The maximum absolute atomic E-state index is 4.62. The Kier molecular flexibility index (Phi) is 3.31. The first kappa shape index (κ1) is 13.2. The molecule has 0 aromatic carbocycles. The molecule has 5 heteroatoms. The SMILES string of the molecule is C1=CC=CC=1/C=C/c1cc(-n2cccn2)nc(-n2cccn2)c1. The summed E-state index contributed by atoms with van der Waals surface area (Å²) in [7, 11) is 0. The highest BCUT2D eigenvalue weighted by molar-refractivity contribution is 5.59. The monoisotopic (exact) mass is 299 g/mol. The largest absolute Gasteiger partial charge is 0.223 e. The van der Waals surface area contributed by atoms with Crippen molar-refractivity contribution in [1.82, 2.24) is 24.5 Å². The van der Waals surface area contributed by atoms with Gasteiger partial charge < -0.3 is 0 Å². The van der Waals surface area contributed by atoms with E-state index in [1.54, 1.807) is 21.8 Å². The Labute approximate surface area is 133 Å². The molecule has 0 aliphatic heterocycles. The molecule has 3 aromatic heterocycles. The minimum absolute atomic E-state index is 0.745. The van der Waals surface area contributed by atoms with Gasteiger partial charge >= 0.3 is 0 Å². The first-order valence-corrected chi connectivity index (χ1v) is 7.22. The van der Waals surface area contributed by atoms with Crippen LogP contribution in [-0.4, -0.2) is 24.5 Å². The van der Waals surface area contributed by atoms with Gasteiger partial charge in [-0.15, -0.1) is 5.73 Å². The molecule has 0 radical (unpaired) electrons. The fourth-order valence-corrected chi connectivity index (χ4v) is 2.30. The minimum Gasteiger partial charge on any atom is -0.223 e. The fraction of sp³-hybridized carbons (Fsp3) is 0. The molecule has 0 atom stereocenters. The molecule has 0 amide bonds. The molecule has 1 aliphatic rings. The van der Waals surface area contributed by atoms with Crippen LogP contribution in [0.5, 0.6) is 0 Å². The highest BCUT2D eigenvalue weighted by Crippen LogP contribution is 2.15. The Balaban J connectivity index is 1.78. The van der Waals surface area contributed by atoms with E-state index in [2.05, 4.69) is 20.9 Å². The fourth-order valence-electron chi connectivity index (χ4n) is 2.30. The molecule has 3 heterocycles. The Hall–Kier alpha value is -3.43. The maximum atomic E-state index is 4.62. The van der Waals surface area contributed by atoms with Crippen LogP contribution >= 0.6 is 0 Å². The first-order valence-electron chi connectivity index (χ1n) is 7.22. The summed E-state index contributed by atoms with van der Waals surface area (Å²) < 4.78 is 3.47. The molecule has 0 N–H and O–H groups in total. The van der Waals surface area contributed by atoms with Gasteiger partial charge in [0.25, 0.3) is 0 Å². The number of pyridine rings is 1. The van der Waals surface area contributed by atoms with E-state index in [9.17, 15) is 0 Å². The molecule has 0 saturated carbocycles. The Morgan fingerprint density at radius 3 is 2.13 bits per heavy atom. The second-order valence-electron chi connectivity index (χ2n) is 4.98. The average molecular weight is 299 g/mol. The van der Waals surface area contributed by atoms with E-state index < -0.39 is 0 Å². The zero-order chi connectivity index (χ0) is 15.5. The number of nitrogens with zero attached hydrogens (tertiary/aromatic N) is 5. The summed E-state index contributed by atoms with van der Waals surface area (Å²) in [6, 6.07) is 7.71. The summed E-state index contributed by atoms with van der Waals surface area (Å²) in [6.45, 7) is 0. The van der Waals surface area contributed by atoms with Gasteiger partial charge in [-0.25, -0.2) is 14.3 Å². The van der Waals surface area contributed by atoms with E-state index in [-0.39, 0.29) is 0 Å². The third-order valence-corrected chi connectivity index (χ3v) is 3.38. The Morgan fingerprint density at radius 1 is 0.913 bits per heavy atom. The lowest BCUT2D eigenvalue weighted by atomic mass is 10.2. The van der Waals surface area contributed by atoms with Crippen LogP contribution in [0.4, 0.5) is 0 Å².